The molecular formula is C11H18N4O2S. The van der Waals surface area contributed by atoms with Crippen molar-refractivity contribution in [2.45, 2.75) is 30.6 Å². The molecule has 1 aliphatic carbocycles. The summed E-state index contributed by atoms with van der Waals surface area (Å²) in [7, 11) is -3.54. The van der Waals surface area contributed by atoms with Gasteiger partial charge in [0.15, 0.2) is 5.82 Å². The molecule has 6 nitrogen and oxygen atoms in total. The second-order valence-corrected chi connectivity index (χ2v) is 6.21. The van der Waals surface area contributed by atoms with E-state index in [1.165, 1.54) is 25.1 Å². The summed E-state index contributed by atoms with van der Waals surface area (Å²) in [4.78, 5) is 3.96. The van der Waals surface area contributed by atoms with Gasteiger partial charge in [0, 0.05) is 12.7 Å². The van der Waals surface area contributed by atoms with Crippen LogP contribution in [0.3, 0.4) is 0 Å². The van der Waals surface area contributed by atoms with Gasteiger partial charge in [0.25, 0.3) is 0 Å². The number of nitrogens with one attached hydrogen (secondary N) is 2. The fraction of sp³-hybridized carbons (Fsp3) is 0.545. The zero-order chi connectivity index (χ0) is 13.0. The van der Waals surface area contributed by atoms with Crippen LogP contribution in [-0.2, 0) is 10.0 Å². The average Bonchev–Trinajstić information content (AvgIpc) is 3.19. The van der Waals surface area contributed by atoms with Gasteiger partial charge in [-0.25, -0.2) is 24.0 Å². The van der Waals surface area contributed by atoms with E-state index in [4.69, 9.17) is 5.84 Å². The summed E-state index contributed by atoms with van der Waals surface area (Å²) in [5.41, 5.74) is 2.29. The number of rotatable bonds is 7. The number of pyridine rings is 1. The Hall–Kier alpha value is -1.18. The number of hydrazine groups is 1. The molecule has 0 radical (unpaired) electrons. The minimum atomic E-state index is -3.54. The maximum Gasteiger partial charge on any atom is 0.244 e. The monoisotopic (exact) mass is 270 g/mol. The molecule has 0 bridgehead atoms. The van der Waals surface area contributed by atoms with Gasteiger partial charge in [0.1, 0.15) is 4.90 Å². The van der Waals surface area contributed by atoms with Crippen LogP contribution in [-0.4, -0.2) is 19.9 Å². The molecule has 1 aromatic heterocycles. The molecule has 0 atom stereocenters. The zero-order valence-corrected chi connectivity index (χ0v) is 10.9. The largest absolute Gasteiger partial charge is 0.307 e. The molecule has 0 amide bonds. The highest BCUT2D eigenvalue weighted by Crippen LogP contribution is 2.33. The molecule has 1 saturated carbocycles. The molecule has 0 saturated heterocycles. The molecule has 0 spiro atoms. The number of nitrogens with two attached hydrogens (primary N) is 1. The lowest BCUT2D eigenvalue weighted by Gasteiger charge is -2.09. The second-order valence-electron chi connectivity index (χ2n) is 4.48. The molecule has 1 aromatic rings. The standard InChI is InChI=1S/C11H18N4O2S/c12-15-11-10(4-2-7-13-11)18(16,17)14-8-1-3-9-5-6-9/h2,4,7,9,14H,1,3,5-6,8,12H2,(H,13,15). The van der Waals surface area contributed by atoms with E-state index in [9.17, 15) is 8.42 Å². The molecule has 7 heteroatoms. The van der Waals surface area contributed by atoms with Crippen LogP contribution in [0.15, 0.2) is 23.2 Å². The number of nitrogen functional groups attached to an aromatic ring is 1. The Labute approximate surface area is 107 Å². The number of hydrogen-bond donors (Lipinski definition) is 3. The highest BCUT2D eigenvalue weighted by Gasteiger charge is 2.21. The lowest BCUT2D eigenvalue weighted by atomic mass is 10.2. The van der Waals surface area contributed by atoms with Crippen LogP contribution in [0.4, 0.5) is 5.82 Å². The van der Waals surface area contributed by atoms with Crippen LogP contribution in [0, 0.1) is 5.92 Å². The Balaban J connectivity index is 1.95. The highest BCUT2D eigenvalue weighted by molar-refractivity contribution is 7.89. The first-order valence-corrected chi connectivity index (χ1v) is 7.53. The predicted molar refractivity (Wildman–Crippen MR) is 69.2 cm³/mol. The van der Waals surface area contributed by atoms with Crippen molar-refractivity contribution >= 4 is 15.8 Å². The number of nitrogens with zero attached hydrogens (tertiary/aromatic N) is 1. The van der Waals surface area contributed by atoms with Gasteiger partial charge >= 0.3 is 0 Å². The van der Waals surface area contributed by atoms with Crippen LogP contribution in [0.1, 0.15) is 25.7 Å². The van der Waals surface area contributed by atoms with E-state index in [0.29, 0.717) is 6.54 Å². The molecule has 1 aliphatic rings. The van der Waals surface area contributed by atoms with Gasteiger partial charge in [-0.05, 0) is 30.9 Å². The minimum absolute atomic E-state index is 0.0823. The van der Waals surface area contributed by atoms with Crippen molar-refractivity contribution in [3.05, 3.63) is 18.3 Å². The molecular weight excluding hydrogens is 252 g/mol. The molecule has 18 heavy (non-hydrogen) atoms. The molecule has 0 aromatic carbocycles. The van der Waals surface area contributed by atoms with Crippen molar-refractivity contribution in [3.63, 3.8) is 0 Å². The fourth-order valence-electron chi connectivity index (χ4n) is 1.80. The van der Waals surface area contributed by atoms with E-state index in [0.717, 1.165) is 18.8 Å². The summed E-state index contributed by atoms with van der Waals surface area (Å²) in [5.74, 6) is 6.22. The molecule has 0 aliphatic heterocycles. The zero-order valence-electron chi connectivity index (χ0n) is 10.1. The van der Waals surface area contributed by atoms with Gasteiger partial charge in [-0.2, -0.15) is 0 Å². The van der Waals surface area contributed by atoms with E-state index in [-0.39, 0.29) is 10.7 Å². The van der Waals surface area contributed by atoms with E-state index >= 15 is 0 Å². The normalized spacial score (nSPS) is 15.6. The van der Waals surface area contributed by atoms with Crippen LogP contribution in [0.5, 0.6) is 0 Å². The third-order valence-corrected chi connectivity index (χ3v) is 4.47. The molecule has 0 unspecified atom stereocenters. The number of aromatic nitrogens is 1. The van der Waals surface area contributed by atoms with Gasteiger partial charge in [0.2, 0.25) is 10.0 Å². The summed E-state index contributed by atoms with van der Waals surface area (Å²) in [6.45, 7) is 0.456. The summed E-state index contributed by atoms with van der Waals surface area (Å²) < 4.78 is 26.6. The van der Waals surface area contributed by atoms with Crippen molar-refractivity contribution in [1.29, 1.82) is 0 Å². The maximum atomic E-state index is 12.0. The number of hydrogen-bond acceptors (Lipinski definition) is 5. The van der Waals surface area contributed by atoms with Crippen LogP contribution in [0.25, 0.3) is 0 Å². The first-order valence-electron chi connectivity index (χ1n) is 6.05. The van der Waals surface area contributed by atoms with Crippen molar-refractivity contribution < 1.29 is 8.42 Å². The van der Waals surface area contributed by atoms with E-state index in [1.54, 1.807) is 6.07 Å². The Morgan fingerprint density at radius 2 is 2.22 bits per heavy atom. The first-order chi connectivity index (χ1) is 8.63. The molecule has 1 heterocycles. The van der Waals surface area contributed by atoms with Gasteiger partial charge in [-0.15, -0.1) is 0 Å². The third-order valence-electron chi connectivity index (χ3n) is 2.98. The Kier molecular flexibility index (Phi) is 4.15. The van der Waals surface area contributed by atoms with E-state index in [2.05, 4.69) is 15.1 Å². The van der Waals surface area contributed by atoms with Gasteiger partial charge in [-0.3, -0.25) is 0 Å². The minimum Gasteiger partial charge on any atom is -0.307 e. The number of sulfonamides is 1. The molecule has 1 fully saturated rings. The Morgan fingerprint density at radius 3 is 2.89 bits per heavy atom. The third kappa shape index (κ3) is 3.41. The van der Waals surface area contributed by atoms with Crippen LogP contribution < -0.4 is 16.0 Å². The SMILES string of the molecule is NNc1ncccc1S(=O)(=O)NCCCC1CC1. The number of anilines is 1. The maximum absolute atomic E-state index is 12.0. The van der Waals surface area contributed by atoms with Gasteiger partial charge in [0.05, 0.1) is 0 Å². The van der Waals surface area contributed by atoms with Crippen molar-refractivity contribution in [2.24, 2.45) is 11.8 Å². The lowest BCUT2D eigenvalue weighted by Crippen LogP contribution is -2.26. The predicted octanol–water partition coefficient (Wildman–Crippen LogP) is 0.836. The van der Waals surface area contributed by atoms with E-state index in [1.807, 2.05) is 0 Å². The van der Waals surface area contributed by atoms with Gasteiger partial charge < -0.3 is 5.43 Å². The van der Waals surface area contributed by atoms with Crippen molar-refractivity contribution in [1.82, 2.24) is 9.71 Å². The quantitative estimate of drug-likeness (QED) is 0.387. The first kappa shape index (κ1) is 13.3. The molecule has 100 valence electrons. The fourth-order valence-corrected chi connectivity index (χ4v) is 2.99. The second kappa shape index (κ2) is 5.64. The van der Waals surface area contributed by atoms with Crippen LogP contribution in [0.2, 0.25) is 0 Å². The summed E-state index contributed by atoms with van der Waals surface area (Å²) in [6.07, 6.45) is 6.03. The van der Waals surface area contributed by atoms with Crippen molar-refractivity contribution in [3.8, 4) is 0 Å². The molecule has 4 N–H and O–H groups in total. The average molecular weight is 270 g/mol. The smallest absolute Gasteiger partial charge is 0.244 e. The van der Waals surface area contributed by atoms with Crippen LogP contribution >= 0.6 is 0 Å². The Bertz CT molecular complexity index is 500. The Morgan fingerprint density at radius 1 is 1.44 bits per heavy atom. The lowest BCUT2D eigenvalue weighted by molar-refractivity contribution is 0.572. The summed E-state index contributed by atoms with van der Waals surface area (Å²) in [5, 5.41) is 0. The summed E-state index contributed by atoms with van der Waals surface area (Å²) >= 11 is 0. The van der Waals surface area contributed by atoms with Crippen molar-refractivity contribution in [2.75, 3.05) is 12.0 Å². The highest BCUT2D eigenvalue weighted by atomic mass is 32.2. The topological polar surface area (TPSA) is 97.1 Å². The van der Waals surface area contributed by atoms with E-state index < -0.39 is 10.0 Å². The summed E-state index contributed by atoms with van der Waals surface area (Å²) in [6, 6.07) is 3.05. The van der Waals surface area contributed by atoms with Gasteiger partial charge in [-0.1, -0.05) is 12.8 Å². The molecule has 2 rings (SSSR count).